The summed E-state index contributed by atoms with van der Waals surface area (Å²) in [5, 5.41) is 17.1. The second kappa shape index (κ2) is 11.3. The summed E-state index contributed by atoms with van der Waals surface area (Å²) in [5.41, 5.74) is 5.48. The normalized spacial score (nSPS) is 14.1. The lowest BCUT2D eigenvalue weighted by atomic mass is 9.89. The third-order valence-electron chi connectivity index (χ3n) is 6.53. The Balaban J connectivity index is 1.60. The van der Waals surface area contributed by atoms with Gasteiger partial charge in [-0.3, -0.25) is 9.59 Å². The number of aromatic nitrogens is 1. The summed E-state index contributed by atoms with van der Waals surface area (Å²) >= 11 is 6.30. The molecule has 0 aliphatic heterocycles. The number of carbonyl (C=O) groups excluding carboxylic acids is 1. The lowest BCUT2D eigenvalue weighted by Gasteiger charge is -2.16. The molecular weight excluding hydrogens is 476 g/mol. The average Bonchev–Trinajstić information content (AvgIpc) is 3.56. The Morgan fingerprint density at radius 3 is 2.50 bits per heavy atom. The maximum atomic E-state index is 13.0. The molecule has 36 heavy (non-hydrogen) atoms. The van der Waals surface area contributed by atoms with E-state index < -0.39 is 5.97 Å². The van der Waals surface area contributed by atoms with Crippen LogP contribution in [-0.4, -0.2) is 22.1 Å². The minimum Gasteiger partial charge on any atom is -0.481 e. The summed E-state index contributed by atoms with van der Waals surface area (Å²) in [5.74, 6) is 0.105. The summed E-state index contributed by atoms with van der Waals surface area (Å²) in [7, 11) is 0. The second-order valence-corrected chi connectivity index (χ2v) is 10.7. The van der Waals surface area contributed by atoms with Crippen molar-refractivity contribution in [1.29, 1.82) is 0 Å². The minimum atomic E-state index is -0.903. The van der Waals surface area contributed by atoms with E-state index in [4.69, 9.17) is 16.1 Å². The summed E-state index contributed by atoms with van der Waals surface area (Å²) in [6.45, 7) is 6.32. The van der Waals surface area contributed by atoms with Crippen molar-refractivity contribution in [2.45, 2.75) is 71.1 Å². The number of anilines is 1. The summed E-state index contributed by atoms with van der Waals surface area (Å²) in [6.07, 6.45) is 3.40. The van der Waals surface area contributed by atoms with Gasteiger partial charge in [0.2, 0.25) is 5.91 Å². The molecule has 0 spiro atoms. The van der Waals surface area contributed by atoms with E-state index in [2.05, 4.69) is 48.6 Å². The molecule has 190 valence electrons. The fourth-order valence-corrected chi connectivity index (χ4v) is 4.90. The molecule has 0 bridgehead atoms. The van der Waals surface area contributed by atoms with Crippen molar-refractivity contribution in [2.75, 3.05) is 5.32 Å². The third-order valence-corrected chi connectivity index (χ3v) is 6.84. The van der Waals surface area contributed by atoms with Crippen LogP contribution in [0.15, 0.2) is 47.0 Å². The molecule has 6 nitrogen and oxygen atoms in total. The first-order chi connectivity index (χ1) is 17.2. The van der Waals surface area contributed by atoms with Gasteiger partial charge in [0, 0.05) is 29.9 Å². The quantitative estimate of drug-likeness (QED) is 0.282. The van der Waals surface area contributed by atoms with Crippen LogP contribution in [0.4, 0.5) is 5.69 Å². The van der Waals surface area contributed by atoms with Crippen molar-refractivity contribution in [3.63, 3.8) is 0 Å². The lowest BCUT2D eigenvalue weighted by molar-refractivity contribution is -0.137. The molecule has 7 heteroatoms. The number of aryl methyl sites for hydroxylation is 1. The Hall–Kier alpha value is -3.12. The maximum Gasteiger partial charge on any atom is 0.303 e. The Bertz CT molecular complexity index is 1230. The lowest BCUT2D eigenvalue weighted by Crippen LogP contribution is -2.17. The van der Waals surface area contributed by atoms with Crippen LogP contribution in [0.5, 0.6) is 0 Å². The van der Waals surface area contributed by atoms with E-state index in [1.54, 1.807) is 12.1 Å². The topological polar surface area (TPSA) is 92.4 Å². The minimum absolute atomic E-state index is 0.0561. The molecular formula is C29H33ClN2O4. The van der Waals surface area contributed by atoms with E-state index in [0.717, 1.165) is 41.7 Å². The molecule has 1 heterocycles. The van der Waals surface area contributed by atoms with Gasteiger partial charge in [0.15, 0.2) is 5.76 Å². The van der Waals surface area contributed by atoms with Crippen LogP contribution in [0.2, 0.25) is 5.02 Å². The Morgan fingerprint density at radius 1 is 1.17 bits per heavy atom. The first-order valence-corrected chi connectivity index (χ1v) is 13.0. The smallest absolute Gasteiger partial charge is 0.303 e. The van der Waals surface area contributed by atoms with Gasteiger partial charge in [-0.2, -0.15) is 0 Å². The largest absolute Gasteiger partial charge is 0.481 e. The predicted molar refractivity (Wildman–Crippen MR) is 142 cm³/mol. The van der Waals surface area contributed by atoms with Crippen molar-refractivity contribution < 1.29 is 19.2 Å². The van der Waals surface area contributed by atoms with Crippen molar-refractivity contribution in [3.05, 3.63) is 69.9 Å². The van der Waals surface area contributed by atoms with Crippen LogP contribution in [0, 0.1) is 12.8 Å². The first kappa shape index (κ1) is 26.0. The molecule has 1 saturated carbocycles. The van der Waals surface area contributed by atoms with E-state index in [1.165, 1.54) is 5.56 Å². The number of aliphatic carboxylic acids is 1. The monoisotopic (exact) mass is 508 g/mol. The molecule has 1 aromatic heterocycles. The van der Waals surface area contributed by atoms with Gasteiger partial charge < -0.3 is 14.9 Å². The van der Waals surface area contributed by atoms with Gasteiger partial charge in [-0.1, -0.05) is 60.9 Å². The first-order valence-electron chi connectivity index (χ1n) is 12.6. The highest BCUT2D eigenvalue weighted by molar-refractivity contribution is 6.33. The number of carbonyl (C=O) groups is 2. The van der Waals surface area contributed by atoms with Crippen LogP contribution >= 0.6 is 11.6 Å². The molecule has 1 aliphatic rings. The van der Waals surface area contributed by atoms with Crippen molar-refractivity contribution in [2.24, 2.45) is 5.92 Å². The maximum absolute atomic E-state index is 13.0. The fraction of sp³-hybridized carbons (Fsp3) is 0.414. The average molecular weight is 509 g/mol. The molecule has 1 atom stereocenters. The van der Waals surface area contributed by atoms with E-state index >= 15 is 0 Å². The Labute approximate surface area is 217 Å². The fourth-order valence-electron chi connectivity index (χ4n) is 4.62. The van der Waals surface area contributed by atoms with Gasteiger partial charge in [0.05, 0.1) is 16.4 Å². The van der Waals surface area contributed by atoms with Crippen molar-refractivity contribution in [3.8, 4) is 11.3 Å². The van der Waals surface area contributed by atoms with Gasteiger partial charge in [-0.15, -0.1) is 0 Å². The highest BCUT2D eigenvalue weighted by atomic mass is 35.5. The van der Waals surface area contributed by atoms with Gasteiger partial charge in [0.1, 0.15) is 0 Å². The number of amides is 1. The van der Waals surface area contributed by atoms with Gasteiger partial charge in [0.25, 0.3) is 0 Å². The van der Waals surface area contributed by atoms with Crippen LogP contribution in [0.25, 0.3) is 11.3 Å². The zero-order chi connectivity index (χ0) is 25.8. The summed E-state index contributed by atoms with van der Waals surface area (Å²) in [6, 6.07) is 13.8. The highest BCUT2D eigenvalue weighted by Crippen LogP contribution is 2.48. The molecule has 0 saturated heterocycles. The zero-order valence-electron chi connectivity index (χ0n) is 21.0. The van der Waals surface area contributed by atoms with Crippen LogP contribution in [0.1, 0.15) is 80.2 Å². The van der Waals surface area contributed by atoms with Crippen molar-refractivity contribution >= 4 is 29.2 Å². The Morgan fingerprint density at radius 2 is 1.89 bits per heavy atom. The highest BCUT2D eigenvalue weighted by Gasteiger charge is 2.36. The summed E-state index contributed by atoms with van der Waals surface area (Å²) in [4.78, 5) is 24.4. The number of nitrogens with one attached hydrogen (secondary N) is 1. The SMILES string of the molecule is Cc1ccc(NC(=O)C[C@H](CCC(=O)O)c2noc(-c3ccc(CC(C)C)cc3)c2C2CC2)c(Cl)c1. The molecule has 3 aromatic rings. The molecule has 4 rings (SSSR count). The Kier molecular flexibility index (Phi) is 8.14. The predicted octanol–water partition coefficient (Wildman–Crippen LogP) is 7.36. The van der Waals surface area contributed by atoms with Gasteiger partial charge >= 0.3 is 5.97 Å². The molecule has 0 unspecified atom stereocenters. The summed E-state index contributed by atoms with van der Waals surface area (Å²) < 4.78 is 5.87. The number of hydrogen-bond acceptors (Lipinski definition) is 4. The number of carboxylic acids is 1. The molecule has 1 amide bonds. The molecule has 0 radical (unpaired) electrons. The van der Waals surface area contributed by atoms with E-state index in [-0.39, 0.29) is 24.7 Å². The van der Waals surface area contributed by atoms with E-state index in [9.17, 15) is 14.7 Å². The second-order valence-electron chi connectivity index (χ2n) is 10.2. The number of halogens is 1. The van der Waals surface area contributed by atoms with Crippen LogP contribution < -0.4 is 5.32 Å². The number of carboxylic acid groups (broad SMARTS) is 1. The van der Waals surface area contributed by atoms with Crippen LogP contribution in [-0.2, 0) is 16.0 Å². The molecule has 2 N–H and O–H groups in total. The molecule has 2 aromatic carbocycles. The number of hydrogen-bond donors (Lipinski definition) is 2. The third kappa shape index (κ3) is 6.55. The number of nitrogens with zero attached hydrogens (tertiary/aromatic N) is 1. The van der Waals surface area contributed by atoms with E-state index in [1.807, 2.05) is 13.0 Å². The number of benzene rings is 2. The van der Waals surface area contributed by atoms with Gasteiger partial charge in [-0.05, 0) is 67.7 Å². The zero-order valence-corrected chi connectivity index (χ0v) is 21.8. The molecule has 1 aliphatic carbocycles. The number of rotatable bonds is 11. The molecule has 1 fully saturated rings. The standard InChI is InChI=1S/C29H33ClN2O4/c1-17(2)14-19-5-7-21(8-6-19)29-27(20-9-10-20)28(32-36-29)22(11-13-26(34)35)16-25(33)31-24-12-4-18(3)15-23(24)30/h4-8,12,15,17,20,22H,9-11,13-14,16H2,1-3H3,(H,31,33)(H,34,35)/t22-/m0/s1. The van der Waals surface area contributed by atoms with Gasteiger partial charge in [-0.25, -0.2) is 0 Å². The van der Waals surface area contributed by atoms with Crippen LogP contribution in [0.3, 0.4) is 0 Å². The van der Waals surface area contributed by atoms with Crippen molar-refractivity contribution in [1.82, 2.24) is 5.16 Å². The van der Waals surface area contributed by atoms with E-state index in [0.29, 0.717) is 34.7 Å².